The summed E-state index contributed by atoms with van der Waals surface area (Å²) in [5.74, 6) is 1.69. The van der Waals surface area contributed by atoms with Crippen LogP contribution in [-0.2, 0) is 10.5 Å². The van der Waals surface area contributed by atoms with Gasteiger partial charge in [-0.2, -0.15) is 0 Å². The summed E-state index contributed by atoms with van der Waals surface area (Å²) >= 11 is 1.46. The van der Waals surface area contributed by atoms with Gasteiger partial charge >= 0.3 is 0 Å². The molecular weight excluding hydrogens is 443 g/mol. The highest BCUT2D eigenvalue weighted by molar-refractivity contribution is 7.99. The van der Waals surface area contributed by atoms with Crippen molar-refractivity contribution in [2.75, 3.05) is 31.3 Å². The van der Waals surface area contributed by atoms with Crippen molar-refractivity contribution in [1.82, 2.24) is 5.32 Å². The fourth-order valence-electron chi connectivity index (χ4n) is 2.85. The van der Waals surface area contributed by atoms with Gasteiger partial charge in [0, 0.05) is 17.0 Å². The first-order chi connectivity index (χ1) is 16.0. The van der Waals surface area contributed by atoms with Crippen LogP contribution in [0.2, 0.25) is 0 Å². The minimum absolute atomic E-state index is 0.153. The van der Waals surface area contributed by atoms with Gasteiger partial charge < -0.3 is 20.1 Å². The summed E-state index contributed by atoms with van der Waals surface area (Å²) in [6, 6.07) is 20.1. The van der Waals surface area contributed by atoms with Crippen molar-refractivity contribution in [3.05, 3.63) is 89.7 Å². The summed E-state index contributed by atoms with van der Waals surface area (Å²) < 4.78 is 23.6. The maximum Gasteiger partial charge on any atom is 0.251 e. The number of amides is 2. The van der Waals surface area contributed by atoms with Crippen LogP contribution in [0, 0.1) is 5.82 Å². The smallest absolute Gasteiger partial charge is 0.251 e. The molecule has 0 aliphatic heterocycles. The van der Waals surface area contributed by atoms with Gasteiger partial charge in [-0.25, -0.2) is 4.39 Å². The molecule has 0 unspecified atom stereocenters. The van der Waals surface area contributed by atoms with Crippen molar-refractivity contribution >= 4 is 29.3 Å². The maximum absolute atomic E-state index is 12.9. The van der Waals surface area contributed by atoms with Crippen LogP contribution in [0.15, 0.2) is 72.8 Å². The van der Waals surface area contributed by atoms with Gasteiger partial charge in [0.1, 0.15) is 23.9 Å². The lowest BCUT2D eigenvalue weighted by atomic mass is 10.1. The van der Waals surface area contributed by atoms with E-state index in [9.17, 15) is 14.0 Å². The lowest BCUT2D eigenvalue weighted by Crippen LogP contribution is -2.28. The SMILES string of the molecule is COc1ccc(OCCNC(=O)c2ccc(CSCC(=O)Nc3ccc(F)cc3)cc2)cc1. The highest BCUT2D eigenvalue weighted by Gasteiger charge is 2.07. The van der Waals surface area contributed by atoms with Gasteiger partial charge in [-0.15, -0.1) is 11.8 Å². The molecule has 33 heavy (non-hydrogen) atoms. The van der Waals surface area contributed by atoms with Gasteiger partial charge in [0.25, 0.3) is 5.91 Å². The van der Waals surface area contributed by atoms with E-state index in [-0.39, 0.29) is 23.4 Å². The van der Waals surface area contributed by atoms with Crippen molar-refractivity contribution in [2.45, 2.75) is 5.75 Å². The fourth-order valence-corrected chi connectivity index (χ4v) is 3.64. The second-order valence-corrected chi connectivity index (χ2v) is 8.01. The zero-order chi connectivity index (χ0) is 23.5. The number of halogens is 1. The number of hydrogen-bond donors (Lipinski definition) is 2. The van der Waals surface area contributed by atoms with E-state index in [0.29, 0.717) is 35.9 Å². The third kappa shape index (κ3) is 8.16. The Kier molecular flexibility index (Phi) is 9.14. The predicted octanol–water partition coefficient (Wildman–Crippen LogP) is 4.52. The van der Waals surface area contributed by atoms with E-state index in [1.165, 1.54) is 36.0 Å². The Hall–Kier alpha value is -3.52. The first-order valence-electron chi connectivity index (χ1n) is 10.3. The molecule has 0 spiro atoms. The Morgan fingerprint density at radius 2 is 1.58 bits per heavy atom. The number of thioether (sulfide) groups is 1. The summed E-state index contributed by atoms with van der Waals surface area (Å²) in [4.78, 5) is 24.3. The molecule has 3 aromatic rings. The highest BCUT2D eigenvalue weighted by atomic mass is 32.2. The predicted molar refractivity (Wildman–Crippen MR) is 128 cm³/mol. The quantitative estimate of drug-likeness (QED) is 0.405. The van der Waals surface area contributed by atoms with Gasteiger partial charge in [0.05, 0.1) is 19.4 Å². The fraction of sp³-hybridized carbons (Fsp3) is 0.200. The van der Waals surface area contributed by atoms with Crippen LogP contribution in [0.4, 0.5) is 10.1 Å². The molecule has 0 fully saturated rings. The normalized spacial score (nSPS) is 10.4. The van der Waals surface area contributed by atoms with Crippen molar-refractivity contribution in [3.8, 4) is 11.5 Å². The van der Waals surface area contributed by atoms with Gasteiger partial charge in [-0.3, -0.25) is 9.59 Å². The Balaban J connectivity index is 1.34. The summed E-state index contributed by atoms with van der Waals surface area (Å²) in [5.41, 5.74) is 2.13. The van der Waals surface area contributed by atoms with Gasteiger partial charge in [-0.05, 0) is 66.2 Å². The molecule has 3 rings (SSSR count). The van der Waals surface area contributed by atoms with E-state index in [1.807, 2.05) is 36.4 Å². The second kappa shape index (κ2) is 12.5. The molecule has 0 bridgehead atoms. The van der Waals surface area contributed by atoms with Crippen LogP contribution in [0.3, 0.4) is 0 Å². The molecule has 0 aliphatic rings. The molecule has 2 amide bonds. The highest BCUT2D eigenvalue weighted by Crippen LogP contribution is 2.17. The molecule has 0 saturated carbocycles. The van der Waals surface area contributed by atoms with Gasteiger partial charge in [-0.1, -0.05) is 12.1 Å². The monoisotopic (exact) mass is 468 g/mol. The van der Waals surface area contributed by atoms with E-state index in [2.05, 4.69) is 10.6 Å². The molecule has 6 nitrogen and oxygen atoms in total. The lowest BCUT2D eigenvalue weighted by molar-refractivity contribution is -0.113. The van der Waals surface area contributed by atoms with E-state index in [1.54, 1.807) is 19.2 Å². The molecule has 0 aromatic heterocycles. The number of nitrogens with one attached hydrogen (secondary N) is 2. The first kappa shape index (κ1) is 24.1. The van der Waals surface area contributed by atoms with E-state index in [0.717, 1.165) is 11.3 Å². The van der Waals surface area contributed by atoms with Gasteiger partial charge in [0.2, 0.25) is 5.91 Å². The Morgan fingerprint density at radius 3 is 2.24 bits per heavy atom. The van der Waals surface area contributed by atoms with Crippen molar-refractivity contribution in [3.63, 3.8) is 0 Å². The number of ether oxygens (including phenoxy) is 2. The number of anilines is 1. The van der Waals surface area contributed by atoms with Crippen LogP contribution < -0.4 is 20.1 Å². The second-order valence-electron chi connectivity index (χ2n) is 7.02. The van der Waals surface area contributed by atoms with Gasteiger partial charge in [0.15, 0.2) is 0 Å². The largest absolute Gasteiger partial charge is 0.497 e. The molecule has 0 saturated heterocycles. The van der Waals surface area contributed by atoms with Crippen molar-refractivity contribution in [1.29, 1.82) is 0 Å². The average molecular weight is 469 g/mol. The summed E-state index contributed by atoms with van der Waals surface area (Å²) in [6.07, 6.45) is 0. The maximum atomic E-state index is 12.9. The van der Waals surface area contributed by atoms with Crippen molar-refractivity contribution < 1.29 is 23.5 Å². The van der Waals surface area contributed by atoms with Crippen LogP contribution in [-0.4, -0.2) is 37.8 Å². The molecular formula is C25H25FN2O4S. The molecule has 172 valence electrons. The number of rotatable bonds is 11. The summed E-state index contributed by atoms with van der Waals surface area (Å²) in [6.45, 7) is 0.735. The molecule has 0 radical (unpaired) electrons. The van der Waals surface area contributed by atoms with Crippen LogP contribution in [0.25, 0.3) is 0 Å². The van der Waals surface area contributed by atoms with Crippen LogP contribution in [0.5, 0.6) is 11.5 Å². The standard InChI is InChI=1S/C25H25FN2O4S/c1-31-22-10-12-23(13-11-22)32-15-14-27-25(30)19-4-2-18(3-5-19)16-33-17-24(29)28-21-8-6-20(26)7-9-21/h2-13H,14-17H2,1H3,(H,27,30)(H,28,29). The topological polar surface area (TPSA) is 76.7 Å². The van der Waals surface area contributed by atoms with E-state index in [4.69, 9.17) is 9.47 Å². The number of benzene rings is 3. The number of carbonyl (C=O) groups excluding carboxylic acids is 2. The van der Waals surface area contributed by atoms with E-state index < -0.39 is 0 Å². The first-order valence-corrected chi connectivity index (χ1v) is 11.5. The zero-order valence-electron chi connectivity index (χ0n) is 18.2. The zero-order valence-corrected chi connectivity index (χ0v) is 19.0. The lowest BCUT2D eigenvalue weighted by Gasteiger charge is -2.09. The third-order valence-electron chi connectivity index (χ3n) is 4.56. The number of methoxy groups -OCH3 is 1. The Morgan fingerprint density at radius 1 is 0.909 bits per heavy atom. The summed E-state index contributed by atoms with van der Waals surface area (Å²) in [5, 5.41) is 5.55. The minimum atomic E-state index is -0.346. The minimum Gasteiger partial charge on any atom is -0.497 e. The molecule has 0 aliphatic carbocycles. The molecule has 0 atom stereocenters. The molecule has 3 aromatic carbocycles. The Bertz CT molecular complexity index is 1040. The molecule has 0 heterocycles. The summed E-state index contributed by atoms with van der Waals surface area (Å²) in [7, 11) is 1.60. The average Bonchev–Trinajstić information content (AvgIpc) is 2.84. The van der Waals surface area contributed by atoms with Crippen molar-refractivity contribution in [2.24, 2.45) is 0 Å². The number of hydrogen-bond acceptors (Lipinski definition) is 5. The third-order valence-corrected chi connectivity index (χ3v) is 5.57. The molecule has 8 heteroatoms. The van der Waals surface area contributed by atoms with E-state index >= 15 is 0 Å². The Labute approximate surface area is 196 Å². The number of carbonyl (C=O) groups is 2. The molecule has 2 N–H and O–H groups in total. The van der Waals surface area contributed by atoms with Crippen LogP contribution >= 0.6 is 11.8 Å². The van der Waals surface area contributed by atoms with Crippen LogP contribution in [0.1, 0.15) is 15.9 Å².